The lowest BCUT2D eigenvalue weighted by atomic mass is 10.1. The van der Waals surface area contributed by atoms with Crippen LogP contribution in [0.5, 0.6) is 0 Å². The average molecular weight is 322 g/mol. The standard InChI is InChI=1S/C17H14N4O3/c1-11-5-4-6-12(9-11)14-10-16(20-19-14)18-17(22)13-7-2-3-8-15(13)21(23)24/h2-10H,1H3,(H2,18,19,20,22). The molecule has 0 fully saturated rings. The summed E-state index contributed by atoms with van der Waals surface area (Å²) >= 11 is 0. The van der Waals surface area contributed by atoms with Gasteiger partial charge in [-0.15, -0.1) is 0 Å². The summed E-state index contributed by atoms with van der Waals surface area (Å²) < 4.78 is 0. The summed E-state index contributed by atoms with van der Waals surface area (Å²) in [6.07, 6.45) is 0. The molecule has 0 unspecified atom stereocenters. The summed E-state index contributed by atoms with van der Waals surface area (Å²) in [7, 11) is 0. The number of anilines is 1. The molecule has 2 aromatic carbocycles. The number of amides is 1. The summed E-state index contributed by atoms with van der Waals surface area (Å²) in [5.41, 5.74) is 2.53. The van der Waals surface area contributed by atoms with Crippen molar-refractivity contribution < 1.29 is 9.72 Å². The van der Waals surface area contributed by atoms with Gasteiger partial charge in [0.2, 0.25) is 0 Å². The zero-order valence-electron chi connectivity index (χ0n) is 12.8. The van der Waals surface area contributed by atoms with Crippen molar-refractivity contribution in [2.24, 2.45) is 0 Å². The van der Waals surface area contributed by atoms with Crippen LogP contribution in [0.25, 0.3) is 11.3 Å². The van der Waals surface area contributed by atoms with E-state index in [2.05, 4.69) is 15.5 Å². The normalized spacial score (nSPS) is 10.4. The van der Waals surface area contributed by atoms with Crippen LogP contribution in [0.1, 0.15) is 15.9 Å². The molecule has 2 N–H and O–H groups in total. The van der Waals surface area contributed by atoms with E-state index in [9.17, 15) is 14.9 Å². The number of para-hydroxylation sites is 1. The van der Waals surface area contributed by atoms with Gasteiger partial charge in [0.05, 0.1) is 10.6 Å². The Morgan fingerprint density at radius 1 is 1.17 bits per heavy atom. The van der Waals surface area contributed by atoms with E-state index in [4.69, 9.17) is 0 Å². The molecule has 0 aliphatic carbocycles. The predicted octanol–water partition coefficient (Wildman–Crippen LogP) is 3.55. The van der Waals surface area contributed by atoms with Gasteiger partial charge in [0.1, 0.15) is 5.56 Å². The Morgan fingerprint density at radius 3 is 2.71 bits per heavy atom. The highest BCUT2D eigenvalue weighted by molar-refractivity contribution is 6.06. The minimum Gasteiger partial charge on any atom is -0.305 e. The van der Waals surface area contributed by atoms with E-state index in [-0.39, 0.29) is 11.3 Å². The summed E-state index contributed by atoms with van der Waals surface area (Å²) in [4.78, 5) is 22.7. The van der Waals surface area contributed by atoms with E-state index >= 15 is 0 Å². The van der Waals surface area contributed by atoms with Crippen LogP contribution in [-0.4, -0.2) is 21.0 Å². The van der Waals surface area contributed by atoms with E-state index in [1.165, 1.54) is 18.2 Å². The van der Waals surface area contributed by atoms with Crippen molar-refractivity contribution >= 4 is 17.4 Å². The molecular formula is C17H14N4O3. The van der Waals surface area contributed by atoms with E-state index in [1.807, 2.05) is 31.2 Å². The molecule has 7 nitrogen and oxygen atoms in total. The number of nitro benzene ring substituents is 1. The van der Waals surface area contributed by atoms with E-state index in [0.29, 0.717) is 5.82 Å². The van der Waals surface area contributed by atoms with Crippen LogP contribution >= 0.6 is 0 Å². The number of nitro groups is 1. The second-order valence-electron chi connectivity index (χ2n) is 5.26. The summed E-state index contributed by atoms with van der Waals surface area (Å²) in [6, 6.07) is 15.3. The topological polar surface area (TPSA) is 101 Å². The molecule has 7 heteroatoms. The number of aryl methyl sites for hydroxylation is 1. The number of hydrogen-bond acceptors (Lipinski definition) is 4. The average Bonchev–Trinajstić information content (AvgIpc) is 3.03. The number of nitrogens with one attached hydrogen (secondary N) is 2. The number of aromatic nitrogens is 2. The second kappa shape index (κ2) is 6.33. The zero-order valence-corrected chi connectivity index (χ0v) is 12.8. The Hall–Kier alpha value is -3.48. The quantitative estimate of drug-likeness (QED) is 0.566. The minimum absolute atomic E-state index is 0.0115. The van der Waals surface area contributed by atoms with Gasteiger partial charge in [0, 0.05) is 12.1 Å². The van der Waals surface area contributed by atoms with Gasteiger partial charge in [-0.2, -0.15) is 5.10 Å². The van der Waals surface area contributed by atoms with Crippen molar-refractivity contribution in [3.8, 4) is 11.3 Å². The lowest BCUT2D eigenvalue weighted by Gasteiger charge is -2.02. The molecule has 0 spiro atoms. The Morgan fingerprint density at radius 2 is 1.96 bits per heavy atom. The highest BCUT2D eigenvalue weighted by Crippen LogP contribution is 2.22. The van der Waals surface area contributed by atoms with E-state index in [1.54, 1.807) is 12.1 Å². The number of carbonyl (C=O) groups excluding carboxylic acids is 1. The number of nitrogens with zero attached hydrogens (tertiary/aromatic N) is 2. The second-order valence-corrected chi connectivity index (χ2v) is 5.26. The fourth-order valence-electron chi connectivity index (χ4n) is 2.35. The molecule has 1 aromatic heterocycles. The molecule has 3 aromatic rings. The first kappa shape index (κ1) is 15.4. The SMILES string of the molecule is Cc1cccc(-c2cc(NC(=O)c3ccccc3[N+](=O)[O-])n[nH]2)c1. The van der Waals surface area contributed by atoms with Crippen molar-refractivity contribution in [1.82, 2.24) is 10.2 Å². The molecule has 0 saturated carbocycles. The highest BCUT2D eigenvalue weighted by atomic mass is 16.6. The van der Waals surface area contributed by atoms with Gasteiger partial charge in [0.25, 0.3) is 11.6 Å². The summed E-state index contributed by atoms with van der Waals surface area (Å²) in [5.74, 6) is -0.278. The molecular weight excluding hydrogens is 308 g/mol. The third-order valence-corrected chi connectivity index (χ3v) is 3.49. The lowest BCUT2D eigenvalue weighted by Crippen LogP contribution is -2.14. The van der Waals surface area contributed by atoms with Gasteiger partial charge in [0.15, 0.2) is 5.82 Å². The molecule has 1 heterocycles. The number of rotatable bonds is 4. The van der Waals surface area contributed by atoms with E-state index < -0.39 is 10.8 Å². The molecule has 1 amide bonds. The molecule has 0 bridgehead atoms. The molecule has 0 saturated heterocycles. The molecule has 0 atom stereocenters. The van der Waals surface area contributed by atoms with Crippen LogP contribution in [-0.2, 0) is 0 Å². The largest absolute Gasteiger partial charge is 0.305 e. The minimum atomic E-state index is -0.586. The Balaban J connectivity index is 1.83. The van der Waals surface area contributed by atoms with Crippen LogP contribution in [0.4, 0.5) is 11.5 Å². The Labute approximate surface area is 137 Å². The number of hydrogen-bond donors (Lipinski definition) is 2. The van der Waals surface area contributed by atoms with Crippen molar-refractivity contribution in [1.29, 1.82) is 0 Å². The van der Waals surface area contributed by atoms with Crippen molar-refractivity contribution in [3.05, 3.63) is 75.8 Å². The molecule has 3 rings (SSSR count). The van der Waals surface area contributed by atoms with Gasteiger partial charge in [-0.25, -0.2) is 0 Å². The molecule has 0 aliphatic rings. The van der Waals surface area contributed by atoms with Gasteiger partial charge in [-0.05, 0) is 24.6 Å². The molecule has 24 heavy (non-hydrogen) atoms. The monoisotopic (exact) mass is 322 g/mol. The van der Waals surface area contributed by atoms with Crippen LogP contribution in [0, 0.1) is 17.0 Å². The first-order valence-corrected chi connectivity index (χ1v) is 7.22. The maximum Gasteiger partial charge on any atom is 0.282 e. The van der Waals surface area contributed by atoms with Gasteiger partial charge in [-0.1, -0.05) is 35.9 Å². The summed E-state index contributed by atoms with van der Waals surface area (Å²) in [6.45, 7) is 1.98. The Kier molecular flexibility index (Phi) is 4.07. The maximum atomic E-state index is 12.3. The first-order chi connectivity index (χ1) is 11.5. The predicted molar refractivity (Wildman–Crippen MR) is 89.8 cm³/mol. The smallest absolute Gasteiger partial charge is 0.282 e. The fraction of sp³-hybridized carbons (Fsp3) is 0.0588. The Bertz CT molecular complexity index is 917. The van der Waals surface area contributed by atoms with Crippen LogP contribution < -0.4 is 5.32 Å². The maximum absolute atomic E-state index is 12.3. The highest BCUT2D eigenvalue weighted by Gasteiger charge is 2.20. The fourth-order valence-corrected chi connectivity index (χ4v) is 2.35. The van der Waals surface area contributed by atoms with Crippen molar-refractivity contribution in [3.63, 3.8) is 0 Å². The van der Waals surface area contributed by atoms with Crippen molar-refractivity contribution in [2.45, 2.75) is 6.92 Å². The number of aromatic amines is 1. The zero-order chi connectivity index (χ0) is 17.1. The van der Waals surface area contributed by atoms with Gasteiger partial charge in [-0.3, -0.25) is 20.0 Å². The first-order valence-electron chi connectivity index (χ1n) is 7.22. The molecule has 0 aliphatic heterocycles. The van der Waals surface area contributed by atoms with Crippen LogP contribution in [0.3, 0.4) is 0 Å². The van der Waals surface area contributed by atoms with Gasteiger partial charge >= 0.3 is 0 Å². The third kappa shape index (κ3) is 3.14. The number of carbonyl (C=O) groups is 1. The van der Waals surface area contributed by atoms with Gasteiger partial charge < -0.3 is 5.32 Å². The van der Waals surface area contributed by atoms with Crippen LogP contribution in [0.15, 0.2) is 54.6 Å². The number of benzene rings is 2. The lowest BCUT2D eigenvalue weighted by molar-refractivity contribution is -0.385. The number of H-pyrrole nitrogens is 1. The third-order valence-electron chi connectivity index (χ3n) is 3.49. The summed E-state index contributed by atoms with van der Waals surface area (Å²) in [5, 5.41) is 20.5. The van der Waals surface area contributed by atoms with E-state index in [0.717, 1.165) is 16.8 Å². The van der Waals surface area contributed by atoms with Crippen LogP contribution in [0.2, 0.25) is 0 Å². The van der Waals surface area contributed by atoms with Crippen molar-refractivity contribution in [2.75, 3.05) is 5.32 Å². The molecule has 0 radical (unpaired) electrons. The molecule has 120 valence electrons.